The quantitative estimate of drug-likeness (QED) is 0.707. The SMILES string of the molecule is Cc1nnc(C(C)c2ncc3ccccc3n2)s1. The highest BCUT2D eigenvalue weighted by molar-refractivity contribution is 7.11. The number of aromatic nitrogens is 4. The van der Waals surface area contributed by atoms with E-state index in [0.717, 1.165) is 26.7 Å². The molecule has 0 fully saturated rings. The fourth-order valence-corrected chi connectivity index (χ4v) is 2.54. The zero-order chi connectivity index (χ0) is 12.5. The van der Waals surface area contributed by atoms with Gasteiger partial charge in [-0.05, 0) is 19.9 Å². The van der Waals surface area contributed by atoms with Gasteiger partial charge in [-0.3, -0.25) is 0 Å². The lowest BCUT2D eigenvalue weighted by atomic mass is 10.1. The minimum absolute atomic E-state index is 0.0841. The molecule has 1 unspecified atom stereocenters. The van der Waals surface area contributed by atoms with Gasteiger partial charge in [0.05, 0.1) is 11.4 Å². The number of fused-ring (bicyclic) bond motifs is 1. The Kier molecular flexibility index (Phi) is 2.76. The molecule has 1 atom stereocenters. The predicted octanol–water partition coefficient (Wildman–Crippen LogP) is 2.94. The Hall–Kier alpha value is -1.88. The molecule has 90 valence electrons. The van der Waals surface area contributed by atoms with Crippen LogP contribution in [0.25, 0.3) is 10.9 Å². The second kappa shape index (κ2) is 4.42. The fourth-order valence-electron chi connectivity index (χ4n) is 1.79. The Bertz CT molecular complexity index is 692. The monoisotopic (exact) mass is 256 g/mol. The molecular formula is C13H12N4S. The molecule has 1 aromatic carbocycles. The van der Waals surface area contributed by atoms with E-state index in [1.807, 2.05) is 37.4 Å². The average molecular weight is 256 g/mol. The van der Waals surface area contributed by atoms with Gasteiger partial charge in [0, 0.05) is 11.6 Å². The lowest BCUT2D eigenvalue weighted by Crippen LogP contribution is -2.02. The van der Waals surface area contributed by atoms with E-state index in [1.165, 1.54) is 0 Å². The number of nitrogens with zero attached hydrogens (tertiary/aromatic N) is 4. The Morgan fingerprint density at radius 3 is 2.78 bits per heavy atom. The van der Waals surface area contributed by atoms with Crippen molar-refractivity contribution in [2.24, 2.45) is 0 Å². The van der Waals surface area contributed by atoms with E-state index in [1.54, 1.807) is 11.3 Å². The first kappa shape index (κ1) is 11.2. The summed E-state index contributed by atoms with van der Waals surface area (Å²) in [5, 5.41) is 11.2. The van der Waals surface area contributed by atoms with Crippen LogP contribution in [0, 0.1) is 6.92 Å². The van der Waals surface area contributed by atoms with Crippen LogP contribution in [0.2, 0.25) is 0 Å². The zero-order valence-electron chi connectivity index (χ0n) is 10.2. The maximum atomic E-state index is 4.59. The van der Waals surface area contributed by atoms with E-state index in [0.29, 0.717) is 0 Å². The summed E-state index contributed by atoms with van der Waals surface area (Å²) in [6, 6.07) is 7.99. The van der Waals surface area contributed by atoms with Crippen LogP contribution in [0.15, 0.2) is 30.5 Å². The van der Waals surface area contributed by atoms with Crippen molar-refractivity contribution < 1.29 is 0 Å². The van der Waals surface area contributed by atoms with Gasteiger partial charge < -0.3 is 0 Å². The molecule has 4 nitrogen and oxygen atoms in total. The number of benzene rings is 1. The number of hydrogen-bond acceptors (Lipinski definition) is 5. The average Bonchev–Trinajstić information content (AvgIpc) is 2.84. The number of hydrogen-bond donors (Lipinski definition) is 0. The smallest absolute Gasteiger partial charge is 0.138 e. The molecule has 0 saturated heterocycles. The van der Waals surface area contributed by atoms with Crippen molar-refractivity contribution in [3.05, 3.63) is 46.3 Å². The molecule has 0 aliphatic carbocycles. The summed E-state index contributed by atoms with van der Waals surface area (Å²) < 4.78 is 0. The van der Waals surface area contributed by atoms with E-state index in [2.05, 4.69) is 27.1 Å². The molecular weight excluding hydrogens is 244 g/mol. The first-order valence-corrected chi connectivity index (χ1v) is 6.57. The summed E-state index contributed by atoms with van der Waals surface area (Å²) >= 11 is 1.59. The van der Waals surface area contributed by atoms with Crippen LogP contribution < -0.4 is 0 Å². The molecule has 18 heavy (non-hydrogen) atoms. The fraction of sp³-hybridized carbons (Fsp3) is 0.231. The van der Waals surface area contributed by atoms with Gasteiger partial charge in [-0.15, -0.1) is 21.5 Å². The van der Waals surface area contributed by atoms with E-state index in [4.69, 9.17) is 0 Å². The number of aryl methyl sites for hydroxylation is 1. The first-order valence-electron chi connectivity index (χ1n) is 5.76. The van der Waals surface area contributed by atoms with Crippen LogP contribution in [-0.4, -0.2) is 20.2 Å². The standard InChI is InChI=1S/C13H12N4S/c1-8(13-17-16-9(2)18-13)12-14-7-10-5-3-4-6-11(10)15-12/h3-8H,1-2H3. The van der Waals surface area contributed by atoms with Gasteiger partial charge in [0.15, 0.2) is 0 Å². The van der Waals surface area contributed by atoms with E-state index in [9.17, 15) is 0 Å². The molecule has 0 aliphatic heterocycles. The van der Waals surface area contributed by atoms with Crippen LogP contribution in [0.5, 0.6) is 0 Å². The molecule has 0 saturated carbocycles. The Morgan fingerprint density at radius 1 is 1.17 bits per heavy atom. The third-order valence-electron chi connectivity index (χ3n) is 2.81. The van der Waals surface area contributed by atoms with Gasteiger partial charge in [-0.2, -0.15) is 0 Å². The summed E-state index contributed by atoms with van der Waals surface area (Å²) in [6.45, 7) is 4.01. The topological polar surface area (TPSA) is 51.6 Å². The first-order chi connectivity index (χ1) is 8.74. The van der Waals surface area contributed by atoms with Crippen molar-refractivity contribution >= 4 is 22.2 Å². The largest absolute Gasteiger partial charge is 0.240 e. The van der Waals surface area contributed by atoms with Gasteiger partial charge >= 0.3 is 0 Å². The minimum atomic E-state index is 0.0841. The van der Waals surface area contributed by atoms with Crippen molar-refractivity contribution in [3.8, 4) is 0 Å². The molecule has 0 radical (unpaired) electrons. The normalized spacial score (nSPS) is 12.8. The van der Waals surface area contributed by atoms with Gasteiger partial charge in [0.1, 0.15) is 15.8 Å². The van der Waals surface area contributed by atoms with Crippen molar-refractivity contribution in [3.63, 3.8) is 0 Å². The minimum Gasteiger partial charge on any atom is -0.240 e. The van der Waals surface area contributed by atoms with Crippen LogP contribution in [-0.2, 0) is 0 Å². The molecule has 0 aliphatic rings. The van der Waals surface area contributed by atoms with Crippen LogP contribution in [0.3, 0.4) is 0 Å². The lowest BCUT2D eigenvalue weighted by molar-refractivity contribution is 0.796. The Balaban J connectivity index is 2.03. The zero-order valence-corrected chi connectivity index (χ0v) is 11.0. The van der Waals surface area contributed by atoms with Crippen LogP contribution >= 0.6 is 11.3 Å². The summed E-state index contributed by atoms with van der Waals surface area (Å²) in [5.74, 6) is 0.880. The van der Waals surface area contributed by atoms with Crippen LogP contribution in [0.4, 0.5) is 0 Å². The highest BCUT2D eigenvalue weighted by Crippen LogP contribution is 2.24. The maximum absolute atomic E-state index is 4.59. The predicted molar refractivity (Wildman–Crippen MR) is 71.7 cm³/mol. The van der Waals surface area contributed by atoms with Gasteiger partial charge in [0.2, 0.25) is 0 Å². The Morgan fingerprint density at radius 2 is 2.00 bits per heavy atom. The van der Waals surface area contributed by atoms with Crippen molar-refractivity contribution in [1.29, 1.82) is 0 Å². The van der Waals surface area contributed by atoms with Crippen LogP contribution in [0.1, 0.15) is 28.7 Å². The summed E-state index contributed by atoms with van der Waals surface area (Å²) in [4.78, 5) is 9.01. The number of para-hydroxylation sites is 1. The summed E-state index contributed by atoms with van der Waals surface area (Å²) in [6.07, 6.45) is 1.86. The Labute approximate surface area is 109 Å². The van der Waals surface area contributed by atoms with Gasteiger partial charge in [-0.1, -0.05) is 18.2 Å². The molecule has 0 spiro atoms. The third-order valence-corrected chi connectivity index (χ3v) is 3.83. The highest BCUT2D eigenvalue weighted by atomic mass is 32.1. The lowest BCUT2D eigenvalue weighted by Gasteiger charge is -2.06. The molecule has 5 heteroatoms. The summed E-state index contributed by atoms with van der Waals surface area (Å²) in [5.41, 5.74) is 0.968. The van der Waals surface area contributed by atoms with E-state index in [-0.39, 0.29) is 5.92 Å². The van der Waals surface area contributed by atoms with Gasteiger partial charge in [0.25, 0.3) is 0 Å². The second-order valence-electron chi connectivity index (χ2n) is 4.17. The van der Waals surface area contributed by atoms with E-state index >= 15 is 0 Å². The van der Waals surface area contributed by atoms with E-state index < -0.39 is 0 Å². The number of rotatable bonds is 2. The summed E-state index contributed by atoms with van der Waals surface area (Å²) in [7, 11) is 0. The third kappa shape index (κ3) is 1.97. The molecule has 2 aromatic heterocycles. The highest BCUT2D eigenvalue weighted by Gasteiger charge is 2.16. The molecule has 0 N–H and O–H groups in total. The van der Waals surface area contributed by atoms with Gasteiger partial charge in [-0.25, -0.2) is 9.97 Å². The maximum Gasteiger partial charge on any atom is 0.138 e. The molecule has 0 bridgehead atoms. The molecule has 2 heterocycles. The molecule has 0 amide bonds. The second-order valence-corrected chi connectivity index (χ2v) is 5.38. The van der Waals surface area contributed by atoms with Crippen molar-refractivity contribution in [1.82, 2.24) is 20.2 Å². The molecule has 3 aromatic rings. The van der Waals surface area contributed by atoms with Crippen molar-refractivity contribution in [2.75, 3.05) is 0 Å². The van der Waals surface area contributed by atoms with Crippen molar-refractivity contribution in [2.45, 2.75) is 19.8 Å². The molecule has 3 rings (SSSR count).